The van der Waals surface area contributed by atoms with Crippen molar-refractivity contribution in [1.82, 2.24) is 9.88 Å². The average molecular weight is 617 g/mol. The van der Waals surface area contributed by atoms with Gasteiger partial charge in [0.1, 0.15) is 42.3 Å². The Balaban J connectivity index is 1.15. The van der Waals surface area contributed by atoms with E-state index in [1.54, 1.807) is 11.0 Å². The highest BCUT2D eigenvalue weighted by molar-refractivity contribution is 6.33. The number of nitrogens with one attached hydrogen (secondary N) is 1. The fraction of sp³-hybridized carbons (Fsp3) is 0.581. The Morgan fingerprint density at radius 1 is 1.26 bits per heavy atom. The first-order chi connectivity index (χ1) is 20.8. The Bertz CT molecular complexity index is 1390. The van der Waals surface area contributed by atoms with E-state index in [0.717, 1.165) is 30.5 Å². The molecule has 1 amide bonds. The second-order valence-electron chi connectivity index (χ2n) is 11.6. The van der Waals surface area contributed by atoms with E-state index >= 15 is 4.39 Å². The van der Waals surface area contributed by atoms with Gasteiger partial charge in [-0.3, -0.25) is 4.79 Å². The van der Waals surface area contributed by atoms with Crippen LogP contribution in [-0.2, 0) is 25.4 Å². The van der Waals surface area contributed by atoms with Gasteiger partial charge in [0, 0.05) is 31.0 Å². The zero-order chi connectivity index (χ0) is 30.1. The average Bonchev–Trinajstić information content (AvgIpc) is 3.75. The molecule has 2 aromatic rings. The van der Waals surface area contributed by atoms with E-state index in [0.29, 0.717) is 79.3 Å². The Kier molecular flexibility index (Phi) is 9.04. The maximum Gasteiger partial charge on any atom is 0.222 e. The molecule has 0 saturated carbocycles. The minimum absolute atomic E-state index is 0.143. The molecule has 3 aliphatic heterocycles. The molecular weight excluding hydrogens is 579 g/mol. The van der Waals surface area contributed by atoms with Crippen LogP contribution in [0.3, 0.4) is 0 Å². The summed E-state index contributed by atoms with van der Waals surface area (Å²) in [6, 6.07) is 4.76. The molecule has 0 bridgehead atoms. The number of carbonyl (C=O) groups excluding carboxylic acids is 1. The molecule has 10 nitrogen and oxygen atoms in total. The van der Waals surface area contributed by atoms with Crippen molar-refractivity contribution in [2.24, 2.45) is 4.99 Å². The number of anilines is 1. The number of hydrogen-bond donors (Lipinski definition) is 2. The van der Waals surface area contributed by atoms with E-state index in [2.05, 4.69) is 5.32 Å². The second kappa shape index (κ2) is 12.9. The van der Waals surface area contributed by atoms with Gasteiger partial charge in [-0.05, 0) is 55.9 Å². The van der Waals surface area contributed by atoms with E-state index < -0.39 is 12.2 Å². The number of benzene rings is 1. The van der Waals surface area contributed by atoms with E-state index in [9.17, 15) is 9.90 Å². The molecule has 43 heavy (non-hydrogen) atoms. The number of ether oxygens (including phenoxy) is 4. The summed E-state index contributed by atoms with van der Waals surface area (Å²) in [5, 5.41) is 13.8. The number of amides is 1. The number of aliphatic hydroxyl groups is 1. The van der Waals surface area contributed by atoms with Crippen LogP contribution in [0, 0.1) is 12.7 Å². The van der Waals surface area contributed by atoms with Crippen molar-refractivity contribution in [3.63, 3.8) is 0 Å². The first kappa shape index (κ1) is 30.1. The largest absolute Gasteiger partial charge is 0.492 e. The monoisotopic (exact) mass is 616 g/mol. The van der Waals surface area contributed by atoms with Crippen LogP contribution in [0.2, 0.25) is 5.02 Å². The fourth-order valence-electron chi connectivity index (χ4n) is 6.27. The summed E-state index contributed by atoms with van der Waals surface area (Å²) in [6.07, 6.45) is 2.44. The Hall–Kier alpha value is -2.99. The van der Waals surface area contributed by atoms with Crippen LogP contribution < -0.4 is 10.1 Å². The predicted octanol–water partition coefficient (Wildman–Crippen LogP) is 4.66. The molecule has 1 unspecified atom stereocenters. The molecule has 4 heterocycles. The van der Waals surface area contributed by atoms with E-state index in [4.69, 9.17) is 40.5 Å². The van der Waals surface area contributed by atoms with Gasteiger partial charge in [-0.2, -0.15) is 4.99 Å². The summed E-state index contributed by atoms with van der Waals surface area (Å²) in [4.78, 5) is 23.1. The highest BCUT2D eigenvalue weighted by Crippen LogP contribution is 2.40. The molecule has 3 fully saturated rings. The molecule has 0 radical (unpaired) electrons. The van der Waals surface area contributed by atoms with Gasteiger partial charge in [0.2, 0.25) is 5.91 Å². The molecular formula is C31H38ClFN4O6. The number of carbonyl (C=O) groups is 1. The lowest BCUT2D eigenvalue weighted by Gasteiger charge is -2.20. The molecule has 5 atom stereocenters. The van der Waals surface area contributed by atoms with Crippen LogP contribution in [0.15, 0.2) is 23.2 Å². The summed E-state index contributed by atoms with van der Waals surface area (Å²) in [5.74, 6) is 1.63. The van der Waals surface area contributed by atoms with Crippen LogP contribution in [0.5, 0.6) is 5.75 Å². The normalized spacial score (nSPS) is 26.6. The molecule has 4 aliphatic rings. The number of hydrogen-bond acceptors (Lipinski definition) is 9. The molecule has 12 heteroatoms. The molecule has 1 aliphatic carbocycles. The van der Waals surface area contributed by atoms with Crippen molar-refractivity contribution in [2.75, 3.05) is 38.2 Å². The van der Waals surface area contributed by atoms with Crippen molar-refractivity contribution >= 4 is 35.0 Å². The van der Waals surface area contributed by atoms with Crippen LogP contribution in [-0.4, -0.2) is 84.1 Å². The maximum atomic E-state index is 15.4. The SMILES string of the molecule is CCCC(=Nc1nc(NC2CCc3cc(OCCN4CCCC4=O)cc(F)c32)c(Cl)cc1C)O[C@@H]1CO[C@H]2[C@@H]1OC[C@H]2O. The van der Waals surface area contributed by atoms with Gasteiger partial charge in [0.25, 0.3) is 0 Å². The van der Waals surface area contributed by atoms with E-state index in [-0.39, 0.29) is 36.6 Å². The summed E-state index contributed by atoms with van der Waals surface area (Å²) in [7, 11) is 0. The first-order valence-corrected chi connectivity index (χ1v) is 15.5. The van der Waals surface area contributed by atoms with Crippen molar-refractivity contribution in [1.29, 1.82) is 0 Å². The molecule has 2 N–H and O–H groups in total. The third kappa shape index (κ3) is 6.45. The van der Waals surface area contributed by atoms with Crippen LogP contribution >= 0.6 is 11.6 Å². The zero-order valence-electron chi connectivity index (χ0n) is 24.5. The van der Waals surface area contributed by atoms with Gasteiger partial charge < -0.3 is 34.3 Å². The zero-order valence-corrected chi connectivity index (χ0v) is 25.2. The summed E-state index contributed by atoms with van der Waals surface area (Å²) in [5.41, 5.74) is 2.23. The second-order valence-corrected chi connectivity index (χ2v) is 12.0. The van der Waals surface area contributed by atoms with Gasteiger partial charge in [-0.1, -0.05) is 18.5 Å². The van der Waals surface area contributed by atoms with Gasteiger partial charge in [0.15, 0.2) is 17.8 Å². The lowest BCUT2D eigenvalue weighted by molar-refractivity contribution is -0.128. The topological polar surface area (TPSA) is 115 Å². The number of fused-ring (bicyclic) bond motifs is 2. The van der Waals surface area contributed by atoms with Crippen molar-refractivity contribution in [2.45, 2.75) is 82.8 Å². The number of aliphatic hydroxyl groups excluding tert-OH is 1. The summed E-state index contributed by atoms with van der Waals surface area (Å²) >= 11 is 6.60. The molecule has 6 rings (SSSR count). The smallest absolute Gasteiger partial charge is 0.222 e. The third-order valence-corrected chi connectivity index (χ3v) is 8.74. The van der Waals surface area contributed by atoms with Gasteiger partial charge in [0.05, 0.1) is 30.8 Å². The van der Waals surface area contributed by atoms with Crippen LogP contribution in [0.1, 0.15) is 61.8 Å². The third-order valence-electron chi connectivity index (χ3n) is 8.46. The highest BCUT2D eigenvalue weighted by atomic mass is 35.5. The molecule has 1 aromatic heterocycles. The predicted molar refractivity (Wildman–Crippen MR) is 159 cm³/mol. The number of pyridine rings is 1. The van der Waals surface area contributed by atoms with Crippen molar-refractivity contribution in [3.05, 3.63) is 45.7 Å². The summed E-state index contributed by atoms with van der Waals surface area (Å²) < 4.78 is 38.8. The Labute approximate surface area is 255 Å². The van der Waals surface area contributed by atoms with E-state index in [1.165, 1.54) is 6.07 Å². The van der Waals surface area contributed by atoms with Gasteiger partial charge in [-0.15, -0.1) is 0 Å². The molecule has 0 spiro atoms. The standard InChI is InChI=1S/C31H38ClFN4O6/c1-3-5-25(43-24-16-42-28-23(38)15-41-29(24)28)35-30-17(2)12-20(32)31(36-30)34-22-8-7-18-13-19(14-21(33)27(18)22)40-11-10-37-9-4-6-26(37)39/h12-14,22-24,28-29,38H,3-11,15-16H2,1-2H3,(H,34,36)/t22?,23-,24-,28-,29-/m1/s1. The molecule has 232 valence electrons. The highest BCUT2D eigenvalue weighted by Gasteiger charge is 2.48. The minimum atomic E-state index is -0.657. The quantitative estimate of drug-likeness (QED) is 0.293. The number of halogens is 2. The number of aromatic nitrogens is 1. The fourth-order valence-corrected chi connectivity index (χ4v) is 6.53. The Morgan fingerprint density at radius 2 is 2.09 bits per heavy atom. The minimum Gasteiger partial charge on any atom is -0.492 e. The number of nitrogens with zero attached hydrogens (tertiary/aromatic N) is 3. The number of likely N-dealkylation sites (tertiary alicyclic amines) is 1. The number of aryl methyl sites for hydroxylation is 2. The van der Waals surface area contributed by atoms with Gasteiger partial charge in [-0.25, -0.2) is 9.37 Å². The maximum absolute atomic E-state index is 15.4. The van der Waals surface area contributed by atoms with Crippen molar-refractivity contribution < 1.29 is 33.2 Å². The number of rotatable bonds is 10. The molecule has 3 saturated heterocycles. The van der Waals surface area contributed by atoms with E-state index in [1.807, 2.05) is 19.9 Å². The van der Waals surface area contributed by atoms with Gasteiger partial charge >= 0.3 is 0 Å². The molecule has 1 aromatic carbocycles. The van der Waals surface area contributed by atoms with Crippen LogP contribution in [0.25, 0.3) is 0 Å². The Morgan fingerprint density at radius 3 is 2.88 bits per heavy atom. The summed E-state index contributed by atoms with van der Waals surface area (Å²) in [6.45, 7) is 6.03. The number of aliphatic imine (C=N–C) groups is 1. The van der Waals surface area contributed by atoms with Crippen molar-refractivity contribution in [3.8, 4) is 5.75 Å². The first-order valence-electron chi connectivity index (χ1n) is 15.1. The lowest BCUT2D eigenvalue weighted by Crippen LogP contribution is -2.34. The van der Waals surface area contributed by atoms with Crippen LogP contribution in [0.4, 0.5) is 16.0 Å². The lowest BCUT2D eigenvalue weighted by atomic mass is 10.1.